The number of ether oxygens (including phenoxy) is 3. The van der Waals surface area contributed by atoms with Crippen LogP contribution in [0.5, 0.6) is 23.0 Å². The van der Waals surface area contributed by atoms with Gasteiger partial charge >= 0.3 is 0 Å². The first-order chi connectivity index (χ1) is 12.7. The van der Waals surface area contributed by atoms with Crippen molar-refractivity contribution in [3.8, 4) is 34.1 Å². The minimum atomic E-state index is 0.445. The molecule has 0 aromatic heterocycles. The number of carbonyl (C=O) groups is 1. The molecule has 132 valence electrons. The Labute approximate surface area is 153 Å². The molecule has 3 rings (SSSR count). The van der Waals surface area contributed by atoms with E-state index in [1.54, 1.807) is 12.1 Å². The Morgan fingerprint density at radius 3 is 2.15 bits per heavy atom. The molecule has 0 saturated heterocycles. The van der Waals surface area contributed by atoms with Crippen LogP contribution in [0.4, 0.5) is 0 Å². The van der Waals surface area contributed by atoms with Gasteiger partial charge < -0.3 is 14.2 Å². The van der Waals surface area contributed by atoms with Gasteiger partial charge in [0.2, 0.25) is 5.75 Å². The number of hydrogen-bond donors (Lipinski definition) is 0. The van der Waals surface area contributed by atoms with Crippen LogP contribution in [0.15, 0.2) is 66.7 Å². The van der Waals surface area contributed by atoms with Crippen molar-refractivity contribution in [2.75, 3.05) is 13.7 Å². The number of hydrogen-bond acceptors (Lipinski definition) is 4. The van der Waals surface area contributed by atoms with Crippen molar-refractivity contribution in [3.63, 3.8) is 0 Å². The topological polar surface area (TPSA) is 44.8 Å². The summed E-state index contributed by atoms with van der Waals surface area (Å²) in [5.41, 5.74) is 2.70. The molecule has 0 aliphatic heterocycles. The summed E-state index contributed by atoms with van der Waals surface area (Å²) in [4.78, 5) is 11.2. The maximum absolute atomic E-state index is 11.2. The van der Waals surface area contributed by atoms with E-state index in [0.717, 1.165) is 17.4 Å². The van der Waals surface area contributed by atoms with Crippen molar-refractivity contribution in [1.82, 2.24) is 0 Å². The molecule has 0 N–H and O–H groups in total. The summed E-state index contributed by atoms with van der Waals surface area (Å²) in [6.07, 6.45) is 0.754. The smallest absolute Gasteiger partial charge is 0.204 e. The van der Waals surface area contributed by atoms with E-state index >= 15 is 0 Å². The van der Waals surface area contributed by atoms with E-state index in [-0.39, 0.29) is 0 Å². The summed E-state index contributed by atoms with van der Waals surface area (Å²) >= 11 is 0. The first kappa shape index (κ1) is 17.5. The third-order valence-corrected chi connectivity index (χ3v) is 3.88. The van der Waals surface area contributed by atoms with Gasteiger partial charge in [-0.15, -0.1) is 0 Å². The van der Waals surface area contributed by atoms with Gasteiger partial charge in [0.1, 0.15) is 12.0 Å². The molecule has 0 radical (unpaired) electrons. The van der Waals surface area contributed by atoms with E-state index < -0.39 is 0 Å². The van der Waals surface area contributed by atoms with Gasteiger partial charge in [0.15, 0.2) is 11.5 Å². The molecule has 0 fully saturated rings. The van der Waals surface area contributed by atoms with Crippen LogP contribution in [0.1, 0.15) is 17.3 Å². The lowest BCUT2D eigenvalue weighted by Gasteiger charge is -2.15. The van der Waals surface area contributed by atoms with Crippen molar-refractivity contribution >= 4 is 6.29 Å². The molecule has 0 heterocycles. The van der Waals surface area contributed by atoms with Crippen LogP contribution in [0.2, 0.25) is 0 Å². The van der Waals surface area contributed by atoms with Gasteiger partial charge in [-0.05, 0) is 42.3 Å². The molecule has 26 heavy (non-hydrogen) atoms. The molecule has 3 aromatic rings. The summed E-state index contributed by atoms with van der Waals surface area (Å²) < 4.78 is 17.0. The molecule has 0 unspecified atom stereocenters. The zero-order valence-electron chi connectivity index (χ0n) is 14.8. The fourth-order valence-corrected chi connectivity index (χ4v) is 2.65. The Hall–Kier alpha value is -3.27. The summed E-state index contributed by atoms with van der Waals surface area (Å²) in [5.74, 6) is 2.04. The zero-order valence-corrected chi connectivity index (χ0v) is 14.8. The Kier molecular flexibility index (Phi) is 5.54. The van der Waals surface area contributed by atoms with Gasteiger partial charge in [-0.25, -0.2) is 0 Å². The van der Waals surface area contributed by atoms with E-state index in [9.17, 15) is 4.79 Å². The zero-order chi connectivity index (χ0) is 18.4. The molecular weight excluding hydrogens is 328 g/mol. The third kappa shape index (κ3) is 3.86. The van der Waals surface area contributed by atoms with Crippen LogP contribution in [-0.4, -0.2) is 20.0 Å². The van der Waals surface area contributed by atoms with Crippen molar-refractivity contribution in [3.05, 3.63) is 72.3 Å². The van der Waals surface area contributed by atoms with Crippen LogP contribution in [-0.2, 0) is 0 Å². The van der Waals surface area contributed by atoms with Crippen LogP contribution >= 0.6 is 0 Å². The molecule has 0 spiro atoms. The number of methoxy groups -OCH3 is 1. The van der Waals surface area contributed by atoms with Gasteiger partial charge in [0, 0.05) is 5.56 Å². The van der Waals surface area contributed by atoms with Gasteiger partial charge in [-0.3, -0.25) is 4.79 Å². The van der Waals surface area contributed by atoms with Crippen LogP contribution in [0, 0.1) is 0 Å². The molecule has 4 heteroatoms. The molecule has 0 aliphatic carbocycles. The quantitative estimate of drug-likeness (QED) is 0.539. The normalized spacial score (nSPS) is 10.2. The van der Waals surface area contributed by atoms with Gasteiger partial charge in [0.25, 0.3) is 0 Å². The van der Waals surface area contributed by atoms with E-state index in [1.165, 1.54) is 7.11 Å². The van der Waals surface area contributed by atoms with E-state index in [1.807, 2.05) is 49.4 Å². The fraction of sp³-hybridized carbons (Fsp3) is 0.136. The Balaban J connectivity index is 1.91. The molecule has 0 bridgehead atoms. The van der Waals surface area contributed by atoms with Crippen molar-refractivity contribution in [2.24, 2.45) is 0 Å². The second-order valence-electron chi connectivity index (χ2n) is 5.59. The fourth-order valence-electron chi connectivity index (χ4n) is 2.65. The monoisotopic (exact) mass is 348 g/mol. The van der Waals surface area contributed by atoms with E-state index in [4.69, 9.17) is 14.2 Å². The lowest BCUT2D eigenvalue weighted by atomic mass is 10.1. The first-order valence-corrected chi connectivity index (χ1v) is 8.38. The van der Waals surface area contributed by atoms with E-state index in [2.05, 4.69) is 12.1 Å². The molecule has 0 amide bonds. The SMILES string of the molecule is CCOc1c(OC)cc(C=O)cc1Oc1ccc(-c2ccccc2)cc1. The highest BCUT2D eigenvalue weighted by Gasteiger charge is 2.15. The number of rotatable bonds is 7. The Morgan fingerprint density at radius 2 is 1.54 bits per heavy atom. The molecule has 0 atom stereocenters. The second kappa shape index (κ2) is 8.21. The van der Waals surface area contributed by atoms with Crippen LogP contribution < -0.4 is 14.2 Å². The predicted octanol–water partition coefficient (Wildman–Crippen LogP) is 5.37. The number of aldehydes is 1. The highest BCUT2D eigenvalue weighted by molar-refractivity contribution is 5.78. The second-order valence-corrected chi connectivity index (χ2v) is 5.59. The van der Waals surface area contributed by atoms with Crippen LogP contribution in [0.3, 0.4) is 0 Å². The summed E-state index contributed by atoms with van der Waals surface area (Å²) in [6, 6.07) is 21.1. The lowest BCUT2D eigenvalue weighted by Crippen LogP contribution is -1.99. The maximum atomic E-state index is 11.2. The average molecular weight is 348 g/mol. The summed E-state index contributed by atoms with van der Waals surface area (Å²) in [5, 5.41) is 0. The largest absolute Gasteiger partial charge is 0.493 e. The molecule has 3 aromatic carbocycles. The summed E-state index contributed by atoms with van der Waals surface area (Å²) in [6.45, 7) is 2.34. The van der Waals surface area contributed by atoms with Gasteiger partial charge in [-0.2, -0.15) is 0 Å². The van der Waals surface area contributed by atoms with Crippen LogP contribution in [0.25, 0.3) is 11.1 Å². The standard InChI is InChI=1S/C22H20O4/c1-3-25-22-20(24-2)13-16(15-23)14-21(22)26-19-11-9-18(10-12-19)17-7-5-4-6-8-17/h4-15H,3H2,1-2H3. The highest BCUT2D eigenvalue weighted by Crippen LogP contribution is 2.41. The third-order valence-electron chi connectivity index (χ3n) is 3.88. The Bertz CT molecular complexity index is 871. The van der Waals surface area contributed by atoms with Gasteiger partial charge in [-0.1, -0.05) is 42.5 Å². The first-order valence-electron chi connectivity index (χ1n) is 8.38. The van der Waals surface area contributed by atoms with E-state index in [0.29, 0.717) is 35.2 Å². The maximum Gasteiger partial charge on any atom is 0.204 e. The van der Waals surface area contributed by atoms with Crippen molar-refractivity contribution < 1.29 is 19.0 Å². The molecule has 0 aliphatic rings. The van der Waals surface area contributed by atoms with Crippen molar-refractivity contribution in [2.45, 2.75) is 6.92 Å². The Morgan fingerprint density at radius 1 is 0.885 bits per heavy atom. The van der Waals surface area contributed by atoms with Gasteiger partial charge in [0.05, 0.1) is 13.7 Å². The summed E-state index contributed by atoms with van der Waals surface area (Å²) in [7, 11) is 1.53. The molecular formula is C22H20O4. The predicted molar refractivity (Wildman–Crippen MR) is 102 cm³/mol. The average Bonchev–Trinajstić information content (AvgIpc) is 2.70. The minimum Gasteiger partial charge on any atom is -0.493 e. The minimum absolute atomic E-state index is 0.445. The van der Waals surface area contributed by atoms with Crippen molar-refractivity contribution in [1.29, 1.82) is 0 Å². The highest BCUT2D eigenvalue weighted by atomic mass is 16.5. The lowest BCUT2D eigenvalue weighted by molar-refractivity contribution is 0.112. The molecule has 0 saturated carbocycles. The molecule has 4 nitrogen and oxygen atoms in total. The number of benzene rings is 3. The number of carbonyl (C=O) groups excluding carboxylic acids is 1.